The normalized spacial score (nSPS) is 14.2. The third-order valence-electron chi connectivity index (χ3n) is 3.35. The van der Waals surface area contributed by atoms with E-state index in [9.17, 15) is 19.5 Å². The van der Waals surface area contributed by atoms with Gasteiger partial charge in [0.2, 0.25) is 0 Å². The van der Waals surface area contributed by atoms with Gasteiger partial charge in [-0.25, -0.2) is 14.7 Å². The lowest BCUT2D eigenvalue weighted by molar-refractivity contribution is -0.384. The zero-order valence-electron chi connectivity index (χ0n) is 13.9. The van der Waals surface area contributed by atoms with Crippen LogP contribution in [0.15, 0.2) is 54.6 Å². The molecule has 0 aliphatic heterocycles. The Morgan fingerprint density at radius 1 is 1.23 bits per heavy atom. The molecule has 2 aromatic rings. The van der Waals surface area contributed by atoms with E-state index in [4.69, 9.17) is 9.63 Å². The first-order valence-electron chi connectivity index (χ1n) is 7.63. The molecule has 0 aliphatic carbocycles. The summed E-state index contributed by atoms with van der Waals surface area (Å²) in [6.45, 7) is 1.50. The summed E-state index contributed by atoms with van der Waals surface area (Å²) in [5.41, 5.74) is 0.682. The van der Waals surface area contributed by atoms with E-state index in [0.717, 1.165) is 5.56 Å². The molecule has 0 fully saturated rings. The van der Waals surface area contributed by atoms with E-state index < -0.39 is 24.6 Å². The van der Waals surface area contributed by atoms with Gasteiger partial charge in [-0.05, 0) is 24.6 Å². The Morgan fingerprint density at radius 3 is 2.38 bits per heavy atom. The van der Waals surface area contributed by atoms with Gasteiger partial charge in [0.15, 0.2) is 0 Å². The molecule has 0 amide bonds. The highest BCUT2D eigenvalue weighted by molar-refractivity contribution is 7.55. The van der Waals surface area contributed by atoms with Crippen molar-refractivity contribution in [3.63, 3.8) is 0 Å². The van der Waals surface area contributed by atoms with E-state index in [2.05, 4.69) is 10.2 Å². The summed E-state index contributed by atoms with van der Waals surface area (Å²) in [6.07, 6.45) is 0. The van der Waals surface area contributed by atoms with Crippen molar-refractivity contribution in [2.24, 2.45) is 0 Å². The Labute approximate surface area is 149 Å². The number of nitrogens with zero attached hydrogens (tertiary/aromatic N) is 1. The zero-order valence-corrected chi connectivity index (χ0v) is 14.8. The van der Waals surface area contributed by atoms with Gasteiger partial charge in [0.25, 0.3) is 5.69 Å². The number of carboxylic acids is 1. The number of rotatable bonds is 9. The van der Waals surface area contributed by atoms with Crippen molar-refractivity contribution in [3.8, 4) is 5.75 Å². The zero-order chi connectivity index (χ0) is 19.2. The van der Waals surface area contributed by atoms with Gasteiger partial charge in [0, 0.05) is 18.7 Å². The summed E-state index contributed by atoms with van der Waals surface area (Å²) in [7, 11) is -3.81. The highest BCUT2D eigenvalue weighted by Gasteiger charge is 2.29. The second kappa shape index (κ2) is 8.57. The van der Waals surface area contributed by atoms with Crippen LogP contribution in [0.25, 0.3) is 0 Å². The van der Waals surface area contributed by atoms with Gasteiger partial charge < -0.3 is 9.63 Å². The van der Waals surface area contributed by atoms with Crippen molar-refractivity contribution in [2.45, 2.75) is 19.5 Å². The topological polar surface area (TPSA) is 131 Å². The largest absolute Gasteiger partial charge is 0.480 e. The van der Waals surface area contributed by atoms with Gasteiger partial charge in [-0.3, -0.25) is 14.9 Å². The first-order valence-corrected chi connectivity index (χ1v) is 9.25. The summed E-state index contributed by atoms with van der Waals surface area (Å²) < 4.78 is 18.5. The van der Waals surface area contributed by atoms with Crippen molar-refractivity contribution < 1.29 is 23.9 Å². The van der Waals surface area contributed by atoms with Crippen LogP contribution in [-0.2, 0) is 15.9 Å². The molecular weight excluding hydrogens is 361 g/mol. The first-order chi connectivity index (χ1) is 12.3. The van der Waals surface area contributed by atoms with Crippen LogP contribution in [0, 0.1) is 10.1 Å². The van der Waals surface area contributed by atoms with Crippen molar-refractivity contribution >= 4 is 19.3 Å². The SMILES string of the molecule is C[C@H](NP(=O)(NCc1ccccc1)Oc1ccc([N+](=O)[O-])cc1)C(=O)O. The third-order valence-corrected chi connectivity index (χ3v) is 5.12. The van der Waals surface area contributed by atoms with Crippen LogP contribution in [0.1, 0.15) is 12.5 Å². The van der Waals surface area contributed by atoms with Crippen LogP contribution in [-0.4, -0.2) is 22.0 Å². The average Bonchev–Trinajstić information content (AvgIpc) is 2.61. The molecule has 2 rings (SSSR count). The number of hydrogen-bond donors (Lipinski definition) is 3. The number of nitrogens with one attached hydrogen (secondary N) is 2. The molecule has 3 N–H and O–H groups in total. The molecule has 26 heavy (non-hydrogen) atoms. The van der Waals surface area contributed by atoms with E-state index in [1.807, 2.05) is 30.3 Å². The smallest absolute Gasteiger partial charge is 0.391 e. The molecule has 1 unspecified atom stereocenters. The lowest BCUT2D eigenvalue weighted by atomic mass is 10.2. The van der Waals surface area contributed by atoms with Gasteiger partial charge in [0.05, 0.1) is 4.92 Å². The van der Waals surface area contributed by atoms with Gasteiger partial charge in [-0.15, -0.1) is 0 Å². The van der Waals surface area contributed by atoms with Crippen molar-refractivity contribution in [1.29, 1.82) is 0 Å². The predicted molar refractivity (Wildman–Crippen MR) is 94.8 cm³/mol. The maximum Gasteiger partial charge on any atom is 0.391 e. The third kappa shape index (κ3) is 5.66. The fourth-order valence-corrected chi connectivity index (χ4v) is 3.62. The van der Waals surface area contributed by atoms with Crippen LogP contribution < -0.4 is 14.7 Å². The molecule has 0 saturated heterocycles. The summed E-state index contributed by atoms with van der Waals surface area (Å²) in [6, 6.07) is 12.9. The monoisotopic (exact) mass is 379 g/mol. The molecule has 0 bridgehead atoms. The number of carbonyl (C=O) groups is 1. The number of nitro groups is 1. The number of hydrogen-bond acceptors (Lipinski definition) is 5. The van der Waals surface area contributed by atoms with Crippen molar-refractivity contribution in [1.82, 2.24) is 10.2 Å². The molecule has 138 valence electrons. The molecule has 0 aliphatic rings. The predicted octanol–water partition coefficient (Wildman–Crippen LogP) is 2.93. The molecule has 0 spiro atoms. The van der Waals surface area contributed by atoms with Crippen LogP contribution >= 0.6 is 7.67 Å². The number of aliphatic carboxylic acids is 1. The maximum atomic E-state index is 13.0. The van der Waals surface area contributed by atoms with Gasteiger partial charge >= 0.3 is 13.6 Å². The molecule has 0 heterocycles. The molecule has 2 aromatic carbocycles. The van der Waals surface area contributed by atoms with E-state index >= 15 is 0 Å². The Hall–Kier alpha value is -2.74. The Balaban J connectivity index is 2.17. The van der Waals surface area contributed by atoms with Crippen LogP contribution in [0.4, 0.5) is 5.69 Å². The summed E-state index contributed by atoms with van der Waals surface area (Å²) in [5.74, 6) is -1.09. The Kier molecular flexibility index (Phi) is 6.46. The number of benzene rings is 2. The van der Waals surface area contributed by atoms with Gasteiger partial charge in [-0.2, -0.15) is 0 Å². The minimum atomic E-state index is -3.81. The first kappa shape index (κ1) is 19.6. The fraction of sp³-hybridized carbons (Fsp3) is 0.188. The summed E-state index contributed by atoms with van der Waals surface area (Å²) in [5, 5.41) is 24.9. The number of non-ortho nitro benzene ring substituents is 1. The lowest BCUT2D eigenvalue weighted by Crippen LogP contribution is -2.37. The fourth-order valence-electron chi connectivity index (χ4n) is 1.98. The number of nitro benzene ring substituents is 1. The van der Waals surface area contributed by atoms with E-state index in [-0.39, 0.29) is 18.0 Å². The van der Waals surface area contributed by atoms with E-state index in [1.54, 1.807) is 0 Å². The lowest BCUT2D eigenvalue weighted by Gasteiger charge is -2.23. The standard InChI is InChI=1S/C16H18N3O6P/c1-12(16(20)21)18-26(24,17-11-13-5-3-2-4-6-13)25-15-9-7-14(8-10-15)19(22)23/h2-10,12H,11H2,1H3,(H,20,21)(H2,17,18,24)/t12-,26?/m0/s1. The molecular formula is C16H18N3O6P. The van der Waals surface area contributed by atoms with Crippen molar-refractivity contribution in [2.75, 3.05) is 0 Å². The molecule has 0 aromatic heterocycles. The van der Waals surface area contributed by atoms with Crippen LogP contribution in [0.5, 0.6) is 5.75 Å². The van der Waals surface area contributed by atoms with E-state index in [1.165, 1.54) is 31.2 Å². The second-order valence-electron chi connectivity index (χ2n) is 5.40. The van der Waals surface area contributed by atoms with Crippen molar-refractivity contribution in [3.05, 3.63) is 70.3 Å². The quantitative estimate of drug-likeness (QED) is 0.344. The highest BCUT2D eigenvalue weighted by atomic mass is 31.2. The highest BCUT2D eigenvalue weighted by Crippen LogP contribution is 2.40. The van der Waals surface area contributed by atoms with E-state index in [0.29, 0.717) is 0 Å². The molecule has 10 heteroatoms. The van der Waals surface area contributed by atoms with Gasteiger partial charge in [-0.1, -0.05) is 30.3 Å². The molecule has 0 saturated carbocycles. The maximum absolute atomic E-state index is 13.0. The van der Waals surface area contributed by atoms with Crippen LogP contribution in [0.3, 0.4) is 0 Å². The second-order valence-corrected chi connectivity index (χ2v) is 7.26. The number of carboxylic acid groups (broad SMARTS) is 1. The molecule has 2 atom stereocenters. The minimum Gasteiger partial charge on any atom is -0.480 e. The van der Waals surface area contributed by atoms with Crippen LogP contribution in [0.2, 0.25) is 0 Å². The minimum absolute atomic E-state index is 0.101. The average molecular weight is 379 g/mol. The molecule has 0 radical (unpaired) electrons. The van der Waals surface area contributed by atoms with Gasteiger partial charge in [0.1, 0.15) is 11.8 Å². The Morgan fingerprint density at radius 2 is 1.85 bits per heavy atom. The summed E-state index contributed by atoms with van der Waals surface area (Å²) in [4.78, 5) is 21.2. The summed E-state index contributed by atoms with van der Waals surface area (Å²) >= 11 is 0. The Bertz CT molecular complexity index is 812. The molecule has 9 nitrogen and oxygen atoms in total.